The van der Waals surface area contributed by atoms with Gasteiger partial charge in [0, 0.05) is 24.2 Å². The van der Waals surface area contributed by atoms with Gasteiger partial charge in [0.2, 0.25) is 5.91 Å². The van der Waals surface area contributed by atoms with E-state index in [1.165, 1.54) is 0 Å². The van der Waals surface area contributed by atoms with E-state index in [0.29, 0.717) is 6.54 Å². The van der Waals surface area contributed by atoms with Crippen molar-refractivity contribution in [3.05, 3.63) is 34.9 Å². The molecular weight excluding hydrogens is 272 g/mol. The summed E-state index contributed by atoms with van der Waals surface area (Å²) in [6.45, 7) is 1.50. The summed E-state index contributed by atoms with van der Waals surface area (Å²) in [5, 5.41) is 0.720. The van der Waals surface area contributed by atoms with Crippen molar-refractivity contribution in [2.24, 2.45) is 5.73 Å². The minimum Gasteiger partial charge on any atom is -0.340 e. The average Bonchev–Trinajstić information content (AvgIpc) is 3.08. The molecule has 0 aromatic heterocycles. The van der Waals surface area contributed by atoms with Gasteiger partial charge in [-0.05, 0) is 37.0 Å². The number of rotatable bonds is 2. The summed E-state index contributed by atoms with van der Waals surface area (Å²) in [5.74, 6) is 0.269. The van der Waals surface area contributed by atoms with Gasteiger partial charge < -0.3 is 10.6 Å². The zero-order valence-corrected chi connectivity index (χ0v) is 12.4. The van der Waals surface area contributed by atoms with Gasteiger partial charge in [0.05, 0.1) is 5.41 Å². The third kappa shape index (κ3) is 2.33. The van der Waals surface area contributed by atoms with Gasteiger partial charge in [-0.2, -0.15) is 0 Å². The van der Waals surface area contributed by atoms with Crippen molar-refractivity contribution in [2.75, 3.05) is 13.1 Å². The molecule has 1 amide bonds. The van der Waals surface area contributed by atoms with Crippen LogP contribution in [-0.2, 0) is 10.2 Å². The highest BCUT2D eigenvalue weighted by Crippen LogP contribution is 2.43. The standard InChI is InChI=1S/C16H21ClN2O/c17-13-5-3-12(4-6-13)16(8-1-2-9-16)15(20)19-10-7-14(18)11-19/h3-6,14H,1-2,7-11,18H2/t14-/m1/s1. The van der Waals surface area contributed by atoms with E-state index >= 15 is 0 Å². The van der Waals surface area contributed by atoms with Crippen molar-refractivity contribution in [3.8, 4) is 0 Å². The van der Waals surface area contributed by atoms with Gasteiger partial charge in [-0.3, -0.25) is 4.79 Å². The normalized spacial score (nSPS) is 25.1. The molecule has 2 N–H and O–H groups in total. The van der Waals surface area contributed by atoms with Gasteiger partial charge in [-0.1, -0.05) is 36.6 Å². The Morgan fingerprint density at radius 3 is 2.45 bits per heavy atom. The number of carbonyl (C=O) groups excluding carboxylic acids is 1. The molecular formula is C16H21ClN2O. The minimum absolute atomic E-state index is 0.141. The number of nitrogens with two attached hydrogens (primary N) is 1. The lowest BCUT2D eigenvalue weighted by atomic mass is 9.77. The summed E-state index contributed by atoms with van der Waals surface area (Å²) >= 11 is 5.98. The van der Waals surface area contributed by atoms with Crippen LogP contribution in [0, 0.1) is 0 Å². The molecule has 0 bridgehead atoms. The summed E-state index contributed by atoms with van der Waals surface area (Å²) in [6.07, 6.45) is 5.05. The molecule has 20 heavy (non-hydrogen) atoms. The van der Waals surface area contributed by atoms with Crippen LogP contribution in [0.25, 0.3) is 0 Å². The maximum atomic E-state index is 13.0. The van der Waals surface area contributed by atoms with Crippen LogP contribution < -0.4 is 5.73 Å². The molecule has 4 heteroatoms. The third-order valence-electron chi connectivity index (χ3n) is 4.78. The maximum Gasteiger partial charge on any atom is 0.233 e. The topological polar surface area (TPSA) is 46.3 Å². The molecule has 1 saturated heterocycles. The highest BCUT2D eigenvalue weighted by molar-refractivity contribution is 6.30. The first-order valence-corrected chi connectivity index (χ1v) is 7.81. The number of halogens is 1. The van der Waals surface area contributed by atoms with Gasteiger partial charge in [-0.25, -0.2) is 0 Å². The second-order valence-electron chi connectivity index (χ2n) is 6.10. The molecule has 108 valence electrons. The van der Waals surface area contributed by atoms with Crippen LogP contribution in [0.15, 0.2) is 24.3 Å². The number of hydrogen-bond donors (Lipinski definition) is 1. The molecule has 3 rings (SSSR count). The molecule has 1 atom stereocenters. The van der Waals surface area contributed by atoms with E-state index in [-0.39, 0.29) is 17.4 Å². The molecule has 1 aliphatic carbocycles. The Kier molecular flexibility index (Phi) is 3.74. The van der Waals surface area contributed by atoms with E-state index in [0.717, 1.165) is 49.2 Å². The predicted octanol–water partition coefficient (Wildman–Crippen LogP) is 2.71. The first-order valence-electron chi connectivity index (χ1n) is 7.43. The highest BCUT2D eigenvalue weighted by atomic mass is 35.5. The van der Waals surface area contributed by atoms with Gasteiger partial charge in [0.25, 0.3) is 0 Å². The summed E-state index contributed by atoms with van der Waals surface area (Å²) < 4.78 is 0. The molecule has 0 spiro atoms. The lowest BCUT2D eigenvalue weighted by molar-refractivity contribution is -0.136. The molecule has 1 saturated carbocycles. The Morgan fingerprint density at radius 2 is 1.90 bits per heavy atom. The molecule has 1 aromatic rings. The van der Waals surface area contributed by atoms with Crippen molar-refractivity contribution in [2.45, 2.75) is 43.6 Å². The monoisotopic (exact) mass is 292 g/mol. The van der Waals surface area contributed by atoms with Crippen molar-refractivity contribution < 1.29 is 4.79 Å². The van der Waals surface area contributed by atoms with Crippen LogP contribution in [-0.4, -0.2) is 29.9 Å². The molecule has 1 aromatic carbocycles. The molecule has 1 aliphatic heterocycles. The largest absolute Gasteiger partial charge is 0.340 e. The number of amides is 1. The van der Waals surface area contributed by atoms with Crippen LogP contribution in [0.5, 0.6) is 0 Å². The van der Waals surface area contributed by atoms with Gasteiger partial charge in [-0.15, -0.1) is 0 Å². The van der Waals surface area contributed by atoms with Crippen molar-refractivity contribution in [1.82, 2.24) is 4.90 Å². The lowest BCUT2D eigenvalue weighted by Crippen LogP contribution is -2.45. The van der Waals surface area contributed by atoms with Crippen molar-refractivity contribution in [3.63, 3.8) is 0 Å². The Labute approximate surface area is 125 Å². The van der Waals surface area contributed by atoms with Crippen LogP contribution in [0.2, 0.25) is 5.02 Å². The maximum absolute atomic E-state index is 13.0. The SMILES string of the molecule is N[C@@H]1CCN(C(=O)C2(c3ccc(Cl)cc3)CCCC2)C1. The number of hydrogen-bond acceptors (Lipinski definition) is 2. The summed E-state index contributed by atoms with van der Waals surface area (Å²) in [5.41, 5.74) is 6.73. The fourth-order valence-electron chi connectivity index (χ4n) is 3.65. The Balaban J connectivity index is 1.91. The summed E-state index contributed by atoms with van der Waals surface area (Å²) in [7, 11) is 0. The summed E-state index contributed by atoms with van der Waals surface area (Å²) in [4.78, 5) is 15.0. The fraction of sp³-hybridized carbons (Fsp3) is 0.562. The zero-order valence-electron chi connectivity index (χ0n) is 11.6. The second kappa shape index (κ2) is 5.38. The van der Waals surface area contributed by atoms with E-state index < -0.39 is 0 Å². The fourth-order valence-corrected chi connectivity index (χ4v) is 3.77. The van der Waals surface area contributed by atoms with Gasteiger partial charge in [0.1, 0.15) is 0 Å². The Morgan fingerprint density at radius 1 is 1.25 bits per heavy atom. The second-order valence-corrected chi connectivity index (χ2v) is 6.53. The first kappa shape index (κ1) is 13.9. The van der Waals surface area contributed by atoms with Crippen molar-refractivity contribution in [1.29, 1.82) is 0 Å². The average molecular weight is 293 g/mol. The smallest absolute Gasteiger partial charge is 0.233 e. The quantitative estimate of drug-likeness (QED) is 0.911. The minimum atomic E-state index is -0.339. The van der Waals surface area contributed by atoms with Crippen LogP contribution in [0.3, 0.4) is 0 Å². The van der Waals surface area contributed by atoms with E-state index in [4.69, 9.17) is 17.3 Å². The molecule has 0 radical (unpaired) electrons. The van der Waals surface area contributed by atoms with Crippen LogP contribution >= 0.6 is 11.6 Å². The van der Waals surface area contributed by atoms with Crippen LogP contribution in [0.4, 0.5) is 0 Å². The zero-order chi connectivity index (χ0) is 14.2. The Hall–Kier alpha value is -1.06. The lowest BCUT2D eigenvalue weighted by Gasteiger charge is -2.33. The molecule has 1 heterocycles. The molecule has 3 nitrogen and oxygen atoms in total. The molecule has 0 unspecified atom stereocenters. The van der Waals surface area contributed by atoms with Crippen molar-refractivity contribution >= 4 is 17.5 Å². The number of benzene rings is 1. The summed E-state index contributed by atoms with van der Waals surface area (Å²) in [6, 6.07) is 7.95. The third-order valence-corrected chi connectivity index (χ3v) is 5.03. The Bertz CT molecular complexity index is 494. The van der Waals surface area contributed by atoms with Gasteiger partial charge in [0.15, 0.2) is 0 Å². The number of nitrogens with zero attached hydrogens (tertiary/aromatic N) is 1. The number of carbonyl (C=O) groups is 1. The van der Waals surface area contributed by atoms with E-state index in [1.54, 1.807) is 0 Å². The van der Waals surface area contributed by atoms with E-state index in [2.05, 4.69) is 0 Å². The molecule has 2 aliphatic rings. The van der Waals surface area contributed by atoms with Crippen LogP contribution in [0.1, 0.15) is 37.7 Å². The first-order chi connectivity index (χ1) is 9.62. The van der Waals surface area contributed by atoms with E-state index in [9.17, 15) is 4.79 Å². The molecule has 2 fully saturated rings. The number of likely N-dealkylation sites (tertiary alicyclic amines) is 1. The highest BCUT2D eigenvalue weighted by Gasteiger charge is 2.45. The predicted molar refractivity (Wildman–Crippen MR) is 80.8 cm³/mol. The van der Waals surface area contributed by atoms with Gasteiger partial charge >= 0.3 is 0 Å². The van der Waals surface area contributed by atoms with E-state index in [1.807, 2.05) is 29.2 Å².